The Kier molecular flexibility index (Phi) is 4.69. The van der Waals surface area contributed by atoms with Crippen molar-refractivity contribution in [3.8, 4) is 11.5 Å². The number of aromatic nitrogens is 1. The second-order valence-corrected chi connectivity index (χ2v) is 3.26. The molecule has 0 aliphatic rings. The molecule has 0 unspecified atom stereocenters. The third kappa shape index (κ3) is 3.45. The van der Waals surface area contributed by atoms with E-state index in [1.807, 2.05) is 0 Å². The summed E-state index contributed by atoms with van der Waals surface area (Å²) in [6.07, 6.45) is -7.95. The molecule has 1 aromatic rings. The molecule has 0 saturated heterocycles. The summed E-state index contributed by atoms with van der Waals surface area (Å²) >= 11 is 0. The summed E-state index contributed by atoms with van der Waals surface area (Å²) in [5.74, 6) is -3.26. The van der Waals surface area contributed by atoms with Crippen LogP contribution in [0.2, 0.25) is 0 Å². The van der Waals surface area contributed by atoms with Gasteiger partial charge in [-0.2, -0.15) is 0 Å². The second kappa shape index (κ2) is 5.88. The molecule has 0 fully saturated rings. The zero-order chi connectivity index (χ0) is 15.5. The molecule has 0 spiro atoms. The molecule has 20 heavy (non-hydrogen) atoms. The SMILES string of the molecule is COC(=O)c1c(OC(F)(F)F)cnc(C(F)F)c1OC. The minimum absolute atomic E-state index is 0.351. The van der Waals surface area contributed by atoms with E-state index in [0.29, 0.717) is 6.20 Å². The van der Waals surface area contributed by atoms with Crippen LogP contribution in [-0.2, 0) is 4.74 Å². The number of rotatable bonds is 4. The Balaban J connectivity index is 3.49. The zero-order valence-electron chi connectivity index (χ0n) is 10.1. The quantitative estimate of drug-likeness (QED) is 0.632. The number of hydrogen-bond acceptors (Lipinski definition) is 5. The number of carbonyl (C=O) groups is 1. The Morgan fingerprint density at radius 2 is 1.90 bits per heavy atom. The van der Waals surface area contributed by atoms with Gasteiger partial charge in [-0.3, -0.25) is 0 Å². The lowest BCUT2D eigenvalue weighted by Gasteiger charge is -2.16. The molecule has 0 aliphatic carbocycles. The third-order valence-corrected chi connectivity index (χ3v) is 2.05. The molecule has 0 saturated carbocycles. The van der Waals surface area contributed by atoms with Crippen molar-refractivity contribution >= 4 is 5.97 Å². The summed E-state index contributed by atoms with van der Waals surface area (Å²) in [6, 6.07) is 0. The Morgan fingerprint density at radius 3 is 2.30 bits per heavy atom. The number of esters is 1. The molecule has 0 amide bonds. The van der Waals surface area contributed by atoms with E-state index in [1.54, 1.807) is 0 Å². The van der Waals surface area contributed by atoms with Gasteiger partial charge in [0.15, 0.2) is 11.5 Å². The van der Waals surface area contributed by atoms with Crippen molar-refractivity contribution in [3.63, 3.8) is 0 Å². The lowest BCUT2D eigenvalue weighted by Crippen LogP contribution is -2.20. The molecule has 1 aromatic heterocycles. The van der Waals surface area contributed by atoms with Crippen LogP contribution in [0.15, 0.2) is 6.20 Å². The predicted octanol–water partition coefficient (Wildman–Crippen LogP) is 2.71. The maximum Gasteiger partial charge on any atom is 0.573 e. The van der Waals surface area contributed by atoms with Gasteiger partial charge in [0.25, 0.3) is 6.43 Å². The van der Waals surface area contributed by atoms with Crippen molar-refractivity contribution in [2.45, 2.75) is 12.8 Å². The number of halogens is 5. The first-order valence-corrected chi connectivity index (χ1v) is 4.90. The van der Waals surface area contributed by atoms with E-state index in [0.717, 1.165) is 14.2 Å². The van der Waals surface area contributed by atoms with Crippen LogP contribution in [-0.4, -0.2) is 31.5 Å². The highest BCUT2D eigenvalue weighted by atomic mass is 19.4. The molecular weight excluding hydrogens is 293 g/mol. The molecular formula is C10H8F5NO4. The van der Waals surface area contributed by atoms with E-state index in [2.05, 4.69) is 19.2 Å². The van der Waals surface area contributed by atoms with Gasteiger partial charge in [0.1, 0.15) is 11.3 Å². The molecule has 1 heterocycles. The molecule has 10 heteroatoms. The lowest BCUT2D eigenvalue weighted by molar-refractivity contribution is -0.274. The Morgan fingerprint density at radius 1 is 1.30 bits per heavy atom. The standard InChI is InChI=1S/C10H8F5NO4/c1-18-7-5(9(17)19-2)4(20-10(13,14)15)3-16-6(7)8(11)12/h3,8H,1-2H3. The van der Waals surface area contributed by atoms with E-state index < -0.39 is 41.5 Å². The number of methoxy groups -OCH3 is 2. The highest BCUT2D eigenvalue weighted by Gasteiger charge is 2.36. The molecule has 112 valence electrons. The first-order valence-electron chi connectivity index (χ1n) is 4.90. The summed E-state index contributed by atoms with van der Waals surface area (Å²) in [6.45, 7) is 0. The number of alkyl halides is 5. The van der Waals surface area contributed by atoms with E-state index in [4.69, 9.17) is 0 Å². The fourth-order valence-corrected chi connectivity index (χ4v) is 1.35. The maximum atomic E-state index is 12.7. The molecule has 1 rings (SSSR count). The molecule has 0 radical (unpaired) electrons. The number of pyridine rings is 1. The topological polar surface area (TPSA) is 57.7 Å². The van der Waals surface area contributed by atoms with E-state index in [1.165, 1.54) is 0 Å². The molecule has 0 bridgehead atoms. The summed E-state index contributed by atoms with van der Waals surface area (Å²) < 4.78 is 74.2. The summed E-state index contributed by atoms with van der Waals surface area (Å²) in [5.41, 5.74) is -1.92. The summed E-state index contributed by atoms with van der Waals surface area (Å²) in [5, 5.41) is 0. The average Bonchev–Trinajstić information content (AvgIpc) is 2.34. The first kappa shape index (κ1) is 15.9. The minimum Gasteiger partial charge on any atom is -0.494 e. The normalized spacial score (nSPS) is 11.4. The van der Waals surface area contributed by atoms with E-state index in [-0.39, 0.29) is 0 Å². The predicted molar refractivity (Wildman–Crippen MR) is 53.8 cm³/mol. The van der Waals surface area contributed by atoms with Crippen LogP contribution < -0.4 is 9.47 Å². The van der Waals surface area contributed by atoms with Crippen molar-refractivity contribution < 1.29 is 41.0 Å². The van der Waals surface area contributed by atoms with Gasteiger partial charge in [-0.15, -0.1) is 13.2 Å². The summed E-state index contributed by atoms with van der Waals surface area (Å²) in [4.78, 5) is 14.6. The average molecular weight is 301 g/mol. The van der Waals surface area contributed by atoms with Crippen molar-refractivity contribution in [1.82, 2.24) is 4.98 Å². The zero-order valence-corrected chi connectivity index (χ0v) is 10.1. The van der Waals surface area contributed by atoms with Crippen molar-refractivity contribution in [2.75, 3.05) is 14.2 Å². The van der Waals surface area contributed by atoms with Gasteiger partial charge in [-0.1, -0.05) is 0 Å². The van der Waals surface area contributed by atoms with E-state index in [9.17, 15) is 26.7 Å². The van der Waals surface area contributed by atoms with Crippen molar-refractivity contribution in [2.24, 2.45) is 0 Å². The first-order chi connectivity index (χ1) is 9.21. The molecule has 0 atom stereocenters. The smallest absolute Gasteiger partial charge is 0.494 e. The van der Waals surface area contributed by atoms with Crippen LogP contribution in [0.4, 0.5) is 22.0 Å². The van der Waals surface area contributed by atoms with Gasteiger partial charge in [-0.05, 0) is 0 Å². The largest absolute Gasteiger partial charge is 0.573 e. The van der Waals surface area contributed by atoms with Crippen LogP contribution in [0.1, 0.15) is 22.5 Å². The monoisotopic (exact) mass is 301 g/mol. The minimum atomic E-state index is -5.14. The fourth-order valence-electron chi connectivity index (χ4n) is 1.35. The van der Waals surface area contributed by atoms with Crippen molar-refractivity contribution in [1.29, 1.82) is 0 Å². The third-order valence-electron chi connectivity index (χ3n) is 2.05. The maximum absolute atomic E-state index is 12.7. The lowest BCUT2D eigenvalue weighted by atomic mass is 10.2. The highest BCUT2D eigenvalue weighted by molar-refractivity contribution is 5.95. The second-order valence-electron chi connectivity index (χ2n) is 3.26. The highest BCUT2D eigenvalue weighted by Crippen LogP contribution is 2.37. The Labute approximate surface area is 109 Å². The van der Waals surface area contributed by atoms with Gasteiger partial charge in [0, 0.05) is 0 Å². The molecule has 0 aromatic carbocycles. The van der Waals surface area contributed by atoms with Crippen LogP contribution in [0, 0.1) is 0 Å². The van der Waals surface area contributed by atoms with Gasteiger partial charge in [-0.25, -0.2) is 18.6 Å². The number of carbonyl (C=O) groups excluding carboxylic acids is 1. The Bertz CT molecular complexity index is 503. The van der Waals surface area contributed by atoms with Gasteiger partial charge < -0.3 is 14.2 Å². The van der Waals surface area contributed by atoms with Crippen LogP contribution in [0.25, 0.3) is 0 Å². The van der Waals surface area contributed by atoms with E-state index >= 15 is 0 Å². The fraction of sp³-hybridized carbons (Fsp3) is 0.400. The van der Waals surface area contributed by atoms with Gasteiger partial charge in [0.05, 0.1) is 20.4 Å². The molecule has 0 aliphatic heterocycles. The van der Waals surface area contributed by atoms with Gasteiger partial charge in [0.2, 0.25) is 0 Å². The van der Waals surface area contributed by atoms with Gasteiger partial charge >= 0.3 is 12.3 Å². The number of hydrogen-bond donors (Lipinski definition) is 0. The Hall–Kier alpha value is -2.13. The molecule has 0 N–H and O–H groups in total. The molecule has 5 nitrogen and oxygen atoms in total. The number of ether oxygens (including phenoxy) is 3. The number of nitrogens with zero attached hydrogens (tertiary/aromatic N) is 1. The van der Waals surface area contributed by atoms with Crippen LogP contribution in [0.3, 0.4) is 0 Å². The summed E-state index contributed by atoms with van der Waals surface area (Å²) in [7, 11) is 1.76. The van der Waals surface area contributed by atoms with Crippen LogP contribution >= 0.6 is 0 Å². The van der Waals surface area contributed by atoms with Crippen molar-refractivity contribution in [3.05, 3.63) is 17.5 Å². The van der Waals surface area contributed by atoms with Crippen LogP contribution in [0.5, 0.6) is 11.5 Å².